The number of halogens is 4. The standard InChI is InChI=1S/C34H36Cl4N4O4/c1-34(45)28-7-5-4-6-27(28)33(44)42(34)25-10-13-41(14-11-25)15-12-26(21-8-9-29(37)30(38)18-21)31(39-46-3)20-40(2)32(43)22-16-23(35)19-24(36)17-22/h4-9,16-19,25-26,45H,10-15,20H2,1-3H3/b39-31+. The van der Waals surface area contributed by atoms with Gasteiger partial charge in [0.25, 0.3) is 11.8 Å². The Bertz CT molecular complexity index is 1620. The van der Waals surface area contributed by atoms with E-state index in [9.17, 15) is 14.7 Å². The summed E-state index contributed by atoms with van der Waals surface area (Å²) < 4.78 is 0. The summed E-state index contributed by atoms with van der Waals surface area (Å²) in [6, 6.07) is 17.4. The van der Waals surface area contributed by atoms with E-state index in [2.05, 4.69) is 10.1 Å². The molecule has 2 aliphatic heterocycles. The molecule has 3 aromatic rings. The highest BCUT2D eigenvalue weighted by Gasteiger charge is 2.48. The van der Waals surface area contributed by atoms with Crippen molar-refractivity contribution in [2.24, 2.45) is 5.16 Å². The highest BCUT2D eigenvalue weighted by atomic mass is 35.5. The Kier molecular flexibility index (Phi) is 10.9. The average molecular weight is 706 g/mol. The minimum Gasteiger partial charge on any atom is -0.399 e. The number of carbonyl (C=O) groups is 2. The van der Waals surface area contributed by atoms with Crippen molar-refractivity contribution < 1.29 is 19.5 Å². The summed E-state index contributed by atoms with van der Waals surface area (Å²) in [5.41, 5.74) is 1.76. The number of fused-ring (bicyclic) bond motifs is 1. The molecule has 0 spiro atoms. The van der Waals surface area contributed by atoms with Gasteiger partial charge in [0.15, 0.2) is 5.72 Å². The maximum absolute atomic E-state index is 13.4. The molecule has 2 unspecified atom stereocenters. The smallest absolute Gasteiger partial charge is 0.257 e. The maximum Gasteiger partial charge on any atom is 0.257 e. The van der Waals surface area contributed by atoms with Crippen LogP contribution < -0.4 is 0 Å². The van der Waals surface area contributed by atoms with E-state index >= 15 is 0 Å². The summed E-state index contributed by atoms with van der Waals surface area (Å²) in [5, 5.41) is 17.3. The fraction of sp³-hybridized carbons (Fsp3) is 0.382. The number of carbonyl (C=O) groups excluding carboxylic acids is 2. The van der Waals surface area contributed by atoms with Crippen LogP contribution in [0.15, 0.2) is 65.8 Å². The van der Waals surface area contributed by atoms with Gasteiger partial charge >= 0.3 is 0 Å². The Hall–Kier alpha value is -2.85. The topological polar surface area (TPSA) is 85.7 Å². The third-order valence-corrected chi connectivity index (χ3v) is 10.00. The van der Waals surface area contributed by atoms with Crippen molar-refractivity contribution in [1.82, 2.24) is 14.7 Å². The third-order valence-electron chi connectivity index (χ3n) is 8.82. The van der Waals surface area contributed by atoms with Crippen LogP contribution in [0.4, 0.5) is 0 Å². The molecule has 8 nitrogen and oxygen atoms in total. The van der Waals surface area contributed by atoms with E-state index in [0.717, 1.165) is 31.5 Å². The first-order valence-corrected chi connectivity index (χ1v) is 16.6. The SMILES string of the molecule is CO/N=C(\CN(C)C(=O)c1cc(Cl)cc(Cl)c1)C(CCN1CCC(N2C(=O)c3ccccc3C2(C)O)CC1)c1ccc(Cl)c(Cl)c1. The molecule has 5 rings (SSSR count). The van der Waals surface area contributed by atoms with Crippen LogP contribution in [0.2, 0.25) is 20.1 Å². The van der Waals surface area contributed by atoms with Gasteiger partial charge in [0.05, 0.1) is 22.3 Å². The summed E-state index contributed by atoms with van der Waals surface area (Å²) in [4.78, 5) is 37.5. The second-order valence-electron chi connectivity index (χ2n) is 11.9. The van der Waals surface area contributed by atoms with Crippen molar-refractivity contribution >= 4 is 63.9 Å². The average Bonchev–Trinajstić information content (AvgIpc) is 3.22. The first kappa shape index (κ1) is 34.5. The molecular formula is C34H36Cl4N4O4. The van der Waals surface area contributed by atoms with E-state index < -0.39 is 5.72 Å². The number of hydrogen-bond donors (Lipinski definition) is 1. The van der Waals surface area contributed by atoms with Gasteiger partial charge < -0.3 is 24.6 Å². The van der Waals surface area contributed by atoms with Crippen molar-refractivity contribution in [2.75, 3.05) is 40.3 Å². The van der Waals surface area contributed by atoms with Crippen molar-refractivity contribution in [1.29, 1.82) is 0 Å². The van der Waals surface area contributed by atoms with Crippen LogP contribution in [0, 0.1) is 0 Å². The number of likely N-dealkylation sites (tertiary alicyclic amines) is 1. The highest BCUT2D eigenvalue weighted by molar-refractivity contribution is 6.42. The quantitative estimate of drug-likeness (QED) is 0.176. The first-order chi connectivity index (χ1) is 21.9. The number of oxime groups is 1. The number of amides is 2. The predicted molar refractivity (Wildman–Crippen MR) is 183 cm³/mol. The number of piperidine rings is 1. The molecule has 1 saturated heterocycles. The summed E-state index contributed by atoms with van der Waals surface area (Å²) in [6.45, 7) is 4.09. The predicted octanol–water partition coefficient (Wildman–Crippen LogP) is 7.33. The van der Waals surface area contributed by atoms with Gasteiger partial charge in [-0.2, -0.15) is 0 Å². The Morgan fingerprint density at radius 1 is 1.04 bits per heavy atom. The van der Waals surface area contributed by atoms with Crippen LogP contribution in [0.25, 0.3) is 0 Å². The monoisotopic (exact) mass is 704 g/mol. The van der Waals surface area contributed by atoms with Crippen LogP contribution >= 0.6 is 46.4 Å². The van der Waals surface area contributed by atoms with Gasteiger partial charge in [0, 0.05) is 58.8 Å². The Balaban J connectivity index is 1.30. The largest absolute Gasteiger partial charge is 0.399 e. The molecule has 3 aromatic carbocycles. The van der Waals surface area contributed by atoms with Gasteiger partial charge in [-0.1, -0.05) is 75.8 Å². The summed E-state index contributed by atoms with van der Waals surface area (Å²) in [7, 11) is 3.16. The lowest BCUT2D eigenvalue weighted by atomic mass is 9.89. The fourth-order valence-electron chi connectivity index (χ4n) is 6.56. The molecule has 2 heterocycles. The van der Waals surface area contributed by atoms with Gasteiger partial charge in [0.1, 0.15) is 7.11 Å². The van der Waals surface area contributed by atoms with Crippen LogP contribution in [0.5, 0.6) is 0 Å². The van der Waals surface area contributed by atoms with Crippen molar-refractivity contribution in [3.05, 3.63) is 103 Å². The molecule has 0 saturated carbocycles. The minimum absolute atomic E-state index is 0.0812. The zero-order valence-electron chi connectivity index (χ0n) is 25.9. The molecule has 1 N–H and O–H groups in total. The zero-order chi connectivity index (χ0) is 33.2. The summed E-state index contributed by atoms with van der Waals surface area (Å²) in [5.74, 6) is -0.642. The Morgan fingerprint density at radius 3 is 2.35 bits per heavy atom. The molecule has 2 amide bonds. The molecule has 2 atom stereocenters. The van der Waals surface area contributed by atoms with Gasteiger partial charge in [-0.15, -0.1) is 0 Å². The molecule has 244 valence electrons. The zero-order valence-corrected chi connectivity index (χ0v) is 28.9. The normalized spacial score (nSPS) is 19.7. The molecule has 0 aromatic heterocycles. The summed E-state index contributed by atoms with van der Waals surface area (Å²) >= 11 is 25.0. The Morgan fingerprint density at radius 2 is 1.72 bits per heavy atom. The van der Waals surface area contributed by atoms with E-state index in [1.54, 1.807) is 54.1 Å². The maximum atomic E-state index is 13.4. The molecule has 0 aliphatic carbocycles. The highest BCUT2D eigenvalue weighted by Crippen LogP contribution is 2.40. The number of benzene rings is 3. The van der Waals surface area contributed by atoms with E-state index in [1.165, 1.54) is 7.11 Å². The lowest BCUT2D eigenvalue weighted by molar-refractivity contribution is -0.0960. The van der Waals surface area contributed by atoms with E-state index in [0.29, 0.717) is 55.5 Å². The van der Waals surface area contributed by atoms with Crippen molar-refractivity contribution in [3.8, 4) is 0 Å². The fourth-order valence-corrected chi connectivity index (χ4v) is 7.39. The molecule has 46 heavy (non-hydrogen) atoms. The van der Waals surface area contributed by atoms with Crippen molar-refractivity contribution in [2.45, 2.75) is 43.9 Å². The number of nitrogens with zero attached hydrogens (tertiary/aromatic N) is 4. The van der Waals surface area contributed by atoms with Crippen molar-refractivity contribution in [3.63, 3.8) is 0 Å². The molecule has 2 aliphatic rings. The molecular weight excluding hydrogens is 670 g/mol. The van der Waals surface area contributed by atoms with E-state index in [1.807, 2.05) is 30.3 Å². The molecule has 1 fully saturated rings. The molecule has 0 bridgehead atoms. The number of hydrogen-bond acceptors (Lipinski definition) is 6. The van der Waals surface area contributed by atoms with Crippen LogP contribution in [0.3, 0.4) is 0 Å². The lowest BCUT2D eigenvalue weighted by Crippen LogP contribution is -2.52. The van der Waals surface area contributed by atoms with Gasteiger partial charge in [-0.3, -0.25) is 9.59 Å². The Labute approximate surface area is 289 Å². The molecule has 0 radical (unpaired) electrons. The van der Waals surface area contributed by atoms with Crippen LogP contribution in [-0.2, 0) is 10.6 Å². The van der Waals surface area contributed by atoms with E-state index in [4.69, 9.17) is 51.2 Å². The van der Waals surface area contributed by atoms with E-state index in [-0.39, 0.29) is 30.3 Å². The number of aliphatic hydroxyl groups is 1. The second kappa shape index (κ2) is 14.5. The lowest BCUT2D eigenvalue weighted by Gasteiger charge is -2.42. The third kappa shape index (κ3) is 7.33. The minimum atomic E-state index is -1.34. The van der Waals surface area contributed by atoms with Gasteiger partial charge in [-0.05, 0) is 74.7 Å². The second-order valence-corrected chi connectivity index (χ2v) is 13.6. The first-order valence-electron chi connectivity index (χ1n) is 15.0. The van der Waals surface area contributed by atoms with Crippen LogP contribution in [0.1, 0.15) is 63.9 Å². The van der Waals surface area contributed by atoms with Gasteiger partial charge in [-0.25, -0.2) is 0 Å². The number of rotatable bonds is 10. The van der Waals surface area contributed by atoms with Crippen LogP contribution in [-0.4, -0.2) is 83.7 Å². The molecule has 12 heteroatoms. The van der Waals surface area contributed by atoms with Gasteiger partial charge in [0.2, 0.25) is 0 Å². The summed E-state index contributed by atoms with van der Waals surface area (Å²) in [6.07, 6.45) is 2.11.